The molecule has 0 saturated carbocycles. The number of thiophene rings is 1. The lowest BCUT2D eigenvalue weighted by Crippen LogP contribution is -2.14. The Labute approximate surface area is 127 Å². The van der Waals surface area contributed by atoms with Gasteiger partial charge in [0.15, 0.2) is 0 Å². The van der Waals surface area contributed by atoms with Crippen molar-refractivity contribution in [3.8, 4) is 0 Å². The van der Waals surface area contributed by atoms with Crippen LogP contribution in [0.15, 0.2) is 24.3 Å². The Kier molecular flexibility index (Phi) is 4.43. The first-order valence-corrected chi connectivity index (χ1v) is 7.49. The van der Waals surface area contributed by atoms with E-state index in [-0.39, 0.29) is 11.5 Å². The molecule has 21 heavy (non-hydrogen) atoms. The van der Waals surface area contributed by atoms with Crippen molar-refractivity contribution >= 4 is 28.2 Å². The summed E-state index contributed by atoms with van der Waals surface area (Å²) in [5.41, 5.74) is 2.41. The SMILES string of the molecule is CCc1c(C)sc(NC(=O)c2ccccc2C)c1C(=O)O. The second kappa shape index (κ2) is 6.10. The van der Waals surface area contributed by atoms with Gasteiger partial charge in [0.1, 0.15) is 5.00 Å². The van der Waals surface area contributed by atoms with Crippen LogP contribution in [0.4, 0.5) is 5.00 Å². The van der Waals surface area contributed by atoms with E-state index in [0.29, 0.717) is 17.0 Å². The summed E-state index contributed by atoms with van der Waals surface area (Å²) in [6.45, 7) is 5.64. The van der Waals surface area contributed by atoms with Gasteiger partial charge in [-0.05, 0) is 37.5 Å². The summed E-state index contributed by atoms with van der Waals surface area (Å²) in [5.74, 6) is -1.28. The number of benzene rings is 1. The zero-order chi connectivity index (χ0) is 15.6. The summed E-state index contributed by atoms with van der Waals surface area (Å²) in [6, 6.07) is 7.23. The fourth-order valence-electron chi connectivity index (χ4n) is 2.32. The number of aromatic carboxylic acids is 1. The van der Waals surface area contributed by atoms with E-state index < -0.39 is 5.97 Å². The Morgan fingerprint density at radius 2 is 1.90 bits per heavy atom. The lowest BCUT2D eigenvalue weighted by atomic mass is 10.1. The fraction of sp³-hybridized carbons (Fsp3) is 0.250. The molecule has 110 valence electrons. The molecule has 1 amide bonds. The van der Waals surface area contributed by atoms with Gasteiger partial charge in [-0.2, -0.15) is 0 Å². The Morgan fingerprint density at radius 1 is 1.24 bits per heavy atom. The lowest BCUT2D eigenvalue weighted by molar-refractivity contribution is 0.0697. The minimum Gasteiger partial charge on any atom is -0.478 e. The topological polar surface area (TPSA) is 66.4 Å². The van der Waals surface area contributed by atoms with E-state index in [4.69, 9.17) is 0 Å². The van der Waals surface area contributed by atoms with Crippen LogP contribution in [0, 0.1) is 13.8 Å². The second-order valence-electron chi connectivity index (χ2n) is 4.77. The van der Waals surface area contributed by atoms with Gasteiger partial charge in [0.05, 0.1) is 5.56 Å². The lowest BCUT2D eigenvalue weighted by Gasteiger charge is -2.07. The van der Waals surface area contributed by atoms with Gasteiger partial charge < -0.3 is 10.4 Å². The highest BCUT2D eigenvalue weighted by molar-refractivity contribution is 7.16. The van der Waals surface area contributed by atoms with Gasteiger partial charge in [-0.25, -0.2) is 4.79 Å². The first-order chi connectivity index (χ1) is 9.95. The molecule has 0 unspecified atom stereocenters. The molecule has 1 heterocycles. The van der Waals surface area contributed by atoms with Crippen LogP contribution in [0.25, 0.3) is 0 Å². The summed E-state index contributed by atoms with van der Waals surface area (Å²) >= 11 is 1.31. The van der Waals surface area contributed by atoms with Crippen molar-refractivity contribution in [2.45, 2.75) is 27.2 Å². The second-order valence-corrected chi connectivity index (χ2v) is 5.99. The average Bonchev–Trinajstić information content (AvgIpc) is 2.74. The van der Waals surface area contributed by atoms with Crippen molar-refractivity contribution in [2.75, 3.05) is 5.32 Å². The minimum atomic E-state index is -1.00. The van der Waals surface area contributed by atoms with Gasteiger partial charge in [0, 0.05) is 10.4 Å². The van der Waals surface area contributed by atoms with E-state index in [9.17, 15) is 14.7 Å². The summed E-state index contributed by atoms with van der Waals surface area (Å²) in [4.78, 5) is 24.7. The van der Waals surface area contributed by atoms with Crippen molar-refractivity contribution in [3.05, 3.63) is 51.4 Å². The van der Waals surface area contributed by atoms with E-state index in [1.54, 1.807) is 12.1 Å². The number of anilines is 1. The molecular formula is C16H17NO3S. The maximum Gasteiger partial charge on any atom is 0.339 e. The third-order valence-electron chi connectivity index (χ3n) is 3.39. The Hall–Kier alpha value is -2.14. The highest BCUT2D eigenvalue weighted by Gasteiger charge is 2.22. The number of aryl methyl sites for hydroxylation is 2. The number of nitrogens with one attached hydrogen (secondary N) is 1. The van der Waals surface area contributed by atoms with Crippen LogP contribution < -0.4 is 5.32 Å². The molecule has 2 rings (SSSR count). The molecule has 0 aliphatic rings. The first-order valence-electron chi connectivity index (χ1n) is 6.68. The number of hydrogen-bond acceptors (Lipinski definition) is 3. The molecule has 2 N–H and O–H groups in total. The predicted molar refractivity (Wildman–Crippen MR) is 84.5 cm³/mol. The van der Waals surface area contributed by atoms with Crippen molar-refractivity contribution in [3.63, 3.8) is 0 Å². The van der Waals surface area contributed by atoms with Crippen LogP contribution in [0.1, 0.15) is 43.6 Å². The van der Waals surface area contributed by atoms with E-state index in [1.807, 2.05) is 32.9 Å². The molecule has 0 bridgehead atoms. The molecular weight excluding hydrogens is 286 g/mol. The fourth-order valence-corrected chi connectivity index (χ4v) is 3.45. The van der Waals surface area contributed by atoms with Crippen LogP contribution in [-0.2, 0) is 6.42 Å². The maximum absolute atomic E-state index is 12.3. The zero-order valence-electron chi connectivity index (χ0n) is 12.2. The summed E-state index contributed by atoms with van der Waals surface area (Å²) in [6.07, 6.45) is 0.629. The highest BCUT2D eigenvalue weighted by atomic mass is 32.1. The number of amides is 1. The largest absolute Gasteiger partial charge is 0.478 e. The van der Waals surface area contributed by atoms with E-state index in [1.165, 1.54) is 11.3 Å². The van der Waals surface area contributed by atoms with Crippen molar-refractivity contribution < 1.29 is 14.7 Å². The van der Waals surface area contributed by atoms with Crippen LogP contribution >= 0.6 is 11.3 Å². The smallest absolute Gasteiger partial charge is 0.339 e. The molecule has 0 saturated heterocycles. The third-order valence-corrected chi connectivity index (χ3v) is 4.46. The van der Waals surface area contributed by atoms with Crippen LogP contribution in [0.3, 0.4) is 0 Å². The first kappa shape index (κ1) is 15.3. The molecule has 0 spiro atoms. The number of carboxylic acid groups (broad SMARTS) is 1. The predicted octanol–water partition coefficient (Wildman–Crippen LogP) is 3.88. The minimum absolute atomic E-state index is 0.210. The molecule has 0 aliphatic carbocycles. The maximum atomic E-state index is 12.3. The van der Waals surface area contributed by atoms with Crippen molar-refractivity contribution in [1.82, 2.24) is 0 Å². The Bertz CT molecular complexity index is 704. The zero-order valence-corrected chi connectivity index (χ0v) is 13.0. The Morgan fingerprint density at radius 3 is 2.48 bits per heavy atom. The van der Waals surface area contributed by atoms with Crippen molar-refractivity contribution in [2.24, 2.45) is 0 Å². The van der Waals surface area contributed by atoms with E-state index in [2.05, 4.69) is 5.32 Å². The van der Waals surface area contributed by atoms with Crippen LogP contribution in [-0.4, -0.2) is 17.0 Å². The average molecular weight is 303 g/mol. The highest BCUT2D eigenvalue weighted by Crippen LogP contribution is 2.33. The molecule has 4 nitrogen and oxygen atoms in total. The molecule has 5 heteroatoms. The monoisotopic (exact) mass is 303 g/mol. The summed E-state index contributed by atoms with van der Waals surface area (Å²) < 4.78 is 0. The van der Waals surface area contributed by atoms with Crippen molar-refractivity contribution in [1.29, 1.82) is 0 Å². The van der Waals surface area contributed by atoms with Gasteiger partial charge >= 0.3 is 5.97 Å². The van der Waals surface area contributed by atoms with Gasteiger partial charge in [-0.15, -0.1) is 11.3 Å². The summed E-state index contributed by atoms with van der Waals surface area (Å²) in [5, 5.41) is 12.5. The number of carbonyl (C=O) groups is 2. The van der Waals surface area contributed by atoms with Gasteiger partial charge in [-0.1, -0.05) is 25.1 Å². The quantitative estimate of drug-likeness (QED) is 0.900. The van der Waals surface area contributed by atoms with E-state index >= 15 is 0 Å². The molecule has 1 aromatic heterocycles. The van der Waals surface area contributed by atoms with Gasteiger partial charge in [-0.3, -0.25) is 4.79 Å². The molecule has 0 aliphatic heterocycles. The van der Waals surface area contributed by atoms with E-state index in [0.717, 1.165) is 16.0 Å². The number of carbonyl (C=O) groups excluding carboxylic acids is 1. The van der Waals surface area contributed by atoms with Gasteiger partial charge in [0.25, 0.3) is 5.91 Å². The molecule has 0 radical (unpaired) electrons. The van der Waals surface area contributed by atoms with Gasteiger partial charge in [0.2, 0.25) is 0 Å². The summed E-state index contributed by atoms with van der Waals surface area (Å²) in [7, 11) is 0. The molecule has 1 aromatic carbocycles. The number of carboxylic acids is 1. The molecule has 2 aromatic rings. The standard InChI is InChI=1S/C16H17NO3S/c1-4-11-10(3)21-15(13(11)16(19)20)17-14(18)12-8-6-5-7-9(12)2/h5-8H,4H2,1-3H3,(H,17,18)(H,19,20). The Balaban J connectivity index is 2.38. The van der Waals surface area contributed by atoms with Crippen LogP contribution in [0.2, 0.25) is 0 Å². The third kappa shape index (κ3) is 2.97. The normalized spacial score (nSPS) is 10.4. The number of rotatable bonds is 4. The molecule has 0 fully saturated rings. The molecule has 0 atom stereocenters. The van der Waals surface area contributed by atoms with Crippen LogP contribution in [0.5, 0.6) is 0 Å². The number of hydrogen-bond donors (Lipinski definition) is 2.